The van der Waals surface area contributed by atoms with E-state index < -0.39 is 0 Å². The van der Waals surface area contributed by atoms with Crippen LogP contribution in [-0.2, 0) is 4.79 Å². The molecule has 2 rings (SSSR count). The van der Waals surface area contributed by atoms with Crippen LogP contribution in [0, 0.1) is 11.3 Å². The van der Waals surface area contributed by atoms with Crippen molar-refractivity contribution >= 4 is 39.3 Å². The van der Waals surface area contributed by atoms with Gasteiger partial charge in [-0.15, -0.1) is 11.8 Å². The van der Waals surface area contributed by atoms with E-state index in [0.29, 0.717) is 5.75 Å². The van der Waals surface area contributed by atoms with Crippen molar-refractivity contribution in [3.63, 3.8) is 0 Å². The summed E-state index contributed by atoms with van der Waals surface area (Å²) in [5.41, 5.74) is 0.749. The number of carbonyl (C=O) groups excluding carboxylic acids is 1. The molecule has 3 nitrogen and oxygen atoms in total. The maximum Gasteiger partial charge on any atom is 0.238 e. The number of thioether (sulfide) groups is 1. The molecular formula is C16H13BrN2OS. The SMILES string of the molecule is N#CCN(C(=O)CSc1cccc(Br)c1)c1ccccc1. The van der Waals surface area contributed by atoms with Crippen LogP contribution in [0.3, 0.4) is 0 Å². The summed E-state index contributed by atoms with van der Waals surface area (Å²) in [7, 11) is 0. The fourth-order valence-electron chi connectivity index (χ4n) is 1.78. The molecule has 0 fully saturated rings. The summed E-state index contributed by atoms with van der Waals surface area (Å²) in [5, 5.41) is 8.91. The van der Waals surface area contributed by atoms with Gasteiger partial charge >= 0.3 is 0 Å². The fourth-order valence-corrected chi connectivity index (χ4v) is 3.16. The van der Waals surface area contributed by atoms with Crippen molar-refractivity contribution in [2.45, 2.75) is 4.90 Å². The Hall–Kier alpha value is -1.77. The topological polar surface area (TPSA) is 44.1 Å². The van der Waals surface area contributed by atoms with Crippen molar-refractivity contribution in [3.05, 3.63) is 59.1 Å². The lowest BCUT2D eigenvalue weighted by Gasteiger charge is -2.19. The lowest BCUT2D eigenvalue weighted by molar-refractivity contribution is -0.116. The van der Waals surface area contributed by atoms with E-state index in [1.807, 2.05) is 60.7 Å². The van der Waals surface area contributed by atoms with E-state index >= 15 is 0 Å². The van der Waals surface area contributed by atoms with Gasteiger partial charge < -0.3 is 0 Å². The predicted octanol–water partition coefficient (Wildman–Crippen LogP) is 4.10. The van der Waals surface area contributed by atoms with Gasteiger partial charge in [-0.25, -0.2) is 0 Å². The number of rotatable bonds is 5. The number of nitrogens with zero attached hydrogens (tertiary/aromatic N) is 2. The summed E-state index contributed by atoms with van der Waals surface area (Å²) in [6.45, 7) is 0.0574. The van der Waals surface area contributed by atoms with Gasteiger partial charge in [0.1, 0.15) is 6.54 Å². The first-order valence-electron chi connectivity index (χ1n) is 6.31. The monoisotopic (exact) mass is 360 g/mol. The van der Waals surface area contributed by atoms with Crippen LogP contribution in [0.1, 0.15) is 0 Å². The quantitative estimate of drug-likeness (QED) is 0.595. The van der Waals surface area contributed by atoms with E-state index in [1.54, 1.807) is 0 Å². The van der Waals surface area contributed by atoms with E-state index in [-0.39, 0.29) is 12.5 Å². The van der Waals surface area contributed by atoms with Gasteiger partial charge in [0.15, 0.2) is 0 Å². The third-order valence-electron chi connectivity index (χ3n) is 2.76. The Kier molecular flexibility index (Phi) is 5.85. The normalized spacial score (nSPS) is 9.90. The molecule has 0 aromatic heterocycles. The Morgan fingerprint density at radius 3 is 2.62 bits per heavy atom. The van der Waals surface area contributed by atoms with E-state index in [4.69, 9.17) is 5.26 Å². The molecule has 0 atom stereocenters. The molecule has 2 aromatic rings. The smallest absolute Gasteiger partial charge is 0.238 e. The third kappa shape index (κ3) is 4.62. The minimum Gasteiger partial charge on any atom is -0.298 e. The van der Waals surface area contributed by atoms with Crippen molar-refractivity contribution in [2.75, 3.05) is 17.2 Å². The Morgan fingerprint density at radius 1 is 1.19 bits per heavy atom. The molecule has 0 bridgehead atoms. The van der Waals surface area contributed by atoms with Gasteiger partial charge in [-0.1, -0.05) is 40.2 Å². The Bertz CT molecular complexity index is 655. The molecule has 0 saturated carbocycles. The molecule has 0 N–H and O–H groups in total. The van der Waals surface area contributed by atoms with Crippen LogP contribution in [-0.4, -0.2) is 18.2 Å². The van der Waals surface area contributed by atoms with Crippen molar-refractivity contribution in [1.29, 1.82) is 5.26 Å². The maximum atomic E-state index is 12.3. The minimum absolute atomic E-state index is 0.0574. The second kappa shape index (κ2) is 7.87. The van der Waals surface area contributed by atoms with Crippen molar-refractivity contribution in [1.82, 2.24) is 0 Å². The number of para-hydroxylation sites is 1. The van der Waals surface area contributed by atoms with Crippen molar-refractivity contribution < 1.29 is 4.79 Å². The van der Waals surface area contributed by atoms with Crippen LogP contribution in [0.25, 0.3) is 0 Å². The first-order chi connectivity index (χ1) is 10.2. The van der Waals surface area contributed by atoms with Crippen LogP contribution in [0.5, 0.6) is 0 Å². The van der Waals surface area contributed by atoms with Crippen LogP contribution in [0.2, 0.25) is 0 Å². The van der Waals surface area contributed by atoms with Gasteiger partial charge in [-0.3, -0.25) is 9.69 Å². The second-order valence-corrected chi connectivity index (χ2v) is 6.18. The standard InChI is InChI=1S/C16H13BrN2OS/c17-13-5-4-8-15(11-13)21-12-16(20)19(10-9-18)14-6-2-1-3-7-14/h1-8,11H,10,12H2. The molecule has 0 aliphatic carbocycles. The maximum absolute atomic E-state index is 12.3. The van der Waals surface area contributed by atoms with Crippen LogP contribution in [0.4, 0.5) is 5.69 Å². The molecule has 106 valence electrons. The van der Waals surface area contributed by atoms with E-state index in [9.17, 15) is 4.79 Å². The molecule has 0 saturated heterocycles. The highest BCUT2D eigenvalue weighted by molar-refractivity contribution is 9.10. The van der Waals surface area contributed by atoms with Gasteiger partial charge in [0.05, 0.1) is 11.8 Å². The highest BCUT2D eigenvalue weighted by Crippen LogP contribution is 2.23. The molecule has 0 unspecified atom stereocenters. The van der Waals surface area contributed by atoms with Gasteiger partial charge in [0, 0.05) is 15.1 Å². The highest BCUT2D eigenvalue weighted by atomic mass is 79.9. The van der Waals surface area contributed by atoms with Crippen LogP contribution < -0.4 is 4.90 Å². The number of benzene rings is 2. The molecular weight excluding hydrogens is 348 g/mol. The summed E-state index contributed by atoms with van der Waals surface area (Å²) in [4.78, 5) is 14.9. The largest absolute Gasteiger partial charge is 0.298 e. The molecule has 5 heteroatoms. The van der Waals surface area contributed by atoms with Gasteiger partial charge in [0.25, 0.3) is 0 Å². The Labute approximate surface area is 136 Å². The van der Waals surface area contributed by atoms with E-state index in [1.165, 1.54) is 16.7 Å². The second-order valence-electron chi connectivity index (χ2n) is 4.22. The number of carbonyl (C=O) groups is 1. The summed E-state index contributed by atoms with van der Waals surface area (Å²) in [6.07, 6.45) is 0. The highest BCUT2D eigenvalue weighted by Gasteiger charge is 2.15. The average molecular weight is 361 g/mol. The summed E-state index contributed by atoms with van der Waals surface area (Å²) >= 11 is 4.87. The van der Waals surface area contributed by atoms with Crippen molar-refractivity contribution in [3.8, 4) is 6.07 Å². The van der Waals surface area contributed by atoms with E-state index in [0.717, 1.165) is 15.1 Å². The lowest BCUT2D eigenvalue weighted by Crippen LogP contribution is -2.32. The van der Waals surface area contributed by atoms with Gasteiger partial charge in [-0.05, 0) is 30.3 Å². The average Bonchev–Trinajstić information content (AvgIpc) is 2.51. The molecule has 0 aliphatic heterocycles. The number of nitriles is 1. The van der Waals surface area contributed by atoms with E-state index in [2.05, 4.69) is 15.9 Å². The summed E-state index contributed by atoms with van der Waals surface area (Å²) in [5.74, 6) is 0.222. The van der Waals surface area contributed by atoms with Crippen molar-refractivity contribution in [2.24, 2.45) is 0 Å². The molecule has 1 amide bonds. The molecule has 0 aliphatic rings. The predicted molar refractivity (Wildman–Crippen MR) is 89.3 cm³/mol. The number of halogens is 1. The molecule has 2 aromatic carbocycles. The molecule has 21 heavy (non-hydrogen) atoms. The first kappa shape index (κ1) is 15.6. The fraction of sp³-hybridized carbons (Fsp3) is 0.125. The Balaban J connectivity index is 2.04. The van der Waals surface area contributed by atoms with Gasteiger partial charge in [0.2, 0.25) is 5.91 Å². The van der Waals surface area contributed by atoms with Gasteiger partial charge in [-0.2, -0.15) is 5.26 Å². The third-order valence-corrected chi connectivity index (χ3v) is 4.23. The lowest BCUT2D eigenvalue weighted by atomic mass is 10.3. The van der Waals surface area contributed by atoms with Crippen LogP contribution >= 0.6 is 27.7 Å². The number of hydrogen-bond donors (Lipinski definition) is 0. The summed E-state index contributed by atoms with van der Waals surface area (Å²) < 4.78 is 0.983. The zero-order valence-corrected chi connectivity index (χ0v) is 13.6. The molecule has 0 spiro atoms. The zero-order chi connectivity index (χ0) is 15.1. The number of anilines is 1. The number of hydrogen-bond acceptors (Lipinski definition) is 3. The number of amides is 1. The molecule has 0 radical (unpaired) electrons. The van der Waals surface area contributed by atoms with Crippen LogP contribution in [0.15, 0.2) is 64.0 Å². The Morgan fingerprint density at radius 2 is 1.95 bits per heavy atom. The first-order valence-corrected chi connectivity index (χ1v) is 8.09. The molecule has 0 heterocycles. The minimum atomic E-state index is -0.0762. The summed E-state index contributed by atoms with van der Waals surface area (Å²) in [6, 6.07) is 19.1. The zero-order valence-electron chi connectivity index (χ0n) is 11.2.